The van der Waals surface area contributed by atoms with Gasteiger partial charge in [0.15, 0.2) is 0 Å². The van der Waals surface area contributed by atoms with Crippen LogP contribution in [0.15, 0.2) is 43.0 Å². The molecule has 1 aromatic carbocycles. The molecule has 2 rings (SSSR count). The van der Waals surface area contributed by atoms with Crippen LogP contribution in [-0.2, 0) is 6.54 Å². The fraction of sp³-hybridized carbons (Fsp3) is 0.400. The van der Waals surface area contributed by atoms with Gasteiger partial charge in [-0.2, -0.15) is 0 Å². The molecule has 0 spiro atoms. The number of aliphatic hydroxyl groups is 1. The number of imidazole rings is 1. The molecule has 2 unspecified atom stereocenters. The Bertz CT molecular complexity index is 477. The summed E-state index contributed by atoms with van der Waals surface area (Å²) >= 11 is 0. The maximum atomic E-state index is 9.31. The van der Waals surface area contributed by atoms with E-state index in [1.165, 1.54) is 5.56 Å². The van der Waals surface area contributed by atoms with Crippen LogP contribution in [0.3, 0.4) is 0 Å². The molecule has 2 N–H and O–H groups in total. The monoisotopic (exact) mass is 259 g/mol. The summed E-state index contributed by atoms with van der Waals surface area (Å²) in [6.45, 7) is 4.72. The van der Waals surface area contributed by atoms with E-state index in [9.17, 15) is 5.11 Å². The lowest BCUT2D eigenvalue weighted by Gasteiger charge is -2.15. The number of benzene rings is 1. The summed E-state index contributed by atoms with van der Waals surface area (Å²) in [5.74, 6) is 0. The third-order valence-electron chi connectivity index (χ3n) is 3.09. The Balaban J connectivity index is 1.89. The van der Waals surface area contributed by atoms with E-state index in [2.05, 4.69) is 41.5 Å². The molecule has 1 heterocycles. The molecule has 0 amide bonds. The maximum Gasteiger partial charge on any atom is 0.0991 e. The van der Waals surface area contributed by atoms with Gasteiger partial charge >= 0.3 is 0 Å². The van der Waals surface area contributed by atoms with Gasteiger partial charge in [-0.05, 0) is 38.0 Å². The minimum absolute atomic E-state index is 0.258. The molecule has 0 aliphatic rings. The Kier molecular flexibility index (Phi) is 4.71. The topological polar surface area (TPSA) is 50.1 Å². The Morgan fingerprint density at radius 2 is 2.00 bits per heavy atom. The molecule has 0 saturated heterocycles. The lowest BCUT2D eigenvalue weighted by atomic mass is 10.1. The van der Waals surface area contributed by atoms with Gasteiger partial charge in [0, 0.05) is 30.7 Å². The van der Waals surface area contributed by atoms with Gasteiger partial charge in [-0.15, -0.1) is 0 Å². The smallest absolute Gasteiger partial charge is 0.0991 e. The van der Waals surface area contributed by atoms with Crippen molar-refractivity contribution < 1.29 is 5.11 Å². The first-order valence-corrected chi connectivity index (χ1v) is 6.64. The molecular formula is C15H21N3O. The lowest BCUT2D eigenvalue weighted by Crippen LogP contribution is -2.28. The summed E-state index contributed by atoms with van der Waals surface area (Å²) in [5, 5.41) is 12.7. The normalized spacial score (nSPS) is 14.3. The van der Waals surface area contributed by atoms with Crippen molar-refractivity contribution in [3.8, 4) is 5.69 Å². The zero-order valence-corrected chi connectivity index (χ0v) is 11.5. The first-order valence-electron chi connectivity index (χ1n) is 6.64. The van der Waals surface area contributed by atoms with E-state index < -0.39 is 0 Å². The zero-order valence-electron chi connectivity index (χ0n) is 11.5. The molecule has 0 aliphatic heterocycles. The molecule has 19 heavy (non-hydrogen) atoms. The second kappa shape index (κ2) is 6.50. The molecule has 4 nitrogen and oxygen atoms in total. The van der Waals surface area contributed by atoms with Gasteiger partial charge < -0.3 is 15.0 Å². The van der Waals surface area contributed by atoms with Gasteiger partial charge in [-0.25, -0.2) is 4.98 Å². The van der Waals surface area contributed by atoms with Gasteiger partial charge in [0.05, 0.1) is 12.4 Å². The highest BCUT2D eigenvalue weighted by Crippen LogP contribution is 2.09. The minimum atomic E-state index is -0.258. The van der Waals surface area contributed by atoms with Crippen molar-refractivity contribution in [2.24, 2.45) is 0 Å². The van der Waals surface area contributed by atoms with E-state index in [0.29, 0.717) is 6.04 Å². The highest BCUT2D eigenvalue weighted by atomic mass is 16.3. The number of aromatic nitrogens is 2. The number of hydrogen-bond donors (Lipinski definition) is 2. The zero-order chi connectivity index (χ0) is 13.7. The van der Waals surface area contributed by atoms with Crippen molar-refractivity contribution >= 4 is 0 Å². The van der Waals surface area contributed by atoms with Crippen molar-refractivity contribution in [1.29, 1.82) is 0 Å². The van der Waals surface area contributed by atoms with Crippen molar-refractivity contribution in [3.05, 3.63) is 48.5 Å². The molecule has 2 atom stereocenters. The van der Waals surface area contributed by atoms with Crippen LogP contribution in [0.2, 0.25) is 0 Å². The van der Waals surface area contributed by atoms with E-state index in [1.54, 1.807) is 12.5 Å². The largest absolute Gasteiger partial charge is 0.393 e. The van der Waals surface area contributed by atoms with Crippen molar-refractivity contribution in [1.82, 2.24) is 14.9 Å². The van der Waals surface area contributed by atoms with Crippen LogP contribution in [0.25, 0.3) is 5.69 Å². The predicted molar refractivity (Wildman–Crippen MR) is 76.2 cm³/mol. The standard InChI is InChI=1S/C15H21N3O/c1-12(9-13(2)19)17-10-14-3-5-15(6-4-14)18-8-7-16-11-18/h3-8,11-13,17,19H,9-10H2,1-2H3. The summed E-state index contributed by atoms with van der Waals surface area (Å²) in [7, 11) is 0. The Morgan fingerprint density at radius 3 is 2.58 bits per heavy atom. The molecule has 102 valence electrons. The number of aliphatic hydroxyl groups excluding tert-OH is 1. The summed E-state index contributed by atoms with van der Waals surface area (Å²) in [5.41, 5.74) is 2.35. The van der Waals surface area contributed by atoms with Crippen LogP contribution < -0.4 is 5.32 Å². The Hall–Kier alpha value is -1.65. The van der Waals surface area contributed by atoms with Crippen molar-refractivity contribution in [2.75, 3.05) is 0 Å². The SMILES string of the molecule is CC(O)CC(C)NCc1ccc(-n2ccnc2)cc1. The highest BCUT2D eigenvalue weighted by molar-refractivity contribution is 5.34. The molecule has 4 heteroatoms. The maximum absolute atomic E-state index is 9.31. The van der Waals surface area contributed by atoms with Crippen LogP contribution in [0.4, 0.5) is 0 Å². The highest BCUT2D eigenvalue weighted by Gasteiger charge is 2.05. The molecule has 1 aromatic heterocycles. The van der Waals surface area contributed by atoms with Crippen molar-refractivity contribution in [3.63, 3.8) is 0 Å². The third-order valence-corrected chi connectivity index (χ3v) is 3.09. The molecule has 0 saturated carbocycles. The summed E-state index contributed by atoms with van der Waals surface area (Å²) in [4.78, 5) is 4.03. The number of hydrogen-bond acceptors (Lipinski definition) is 3. The van der Waals surface area contributed by atoms with E-state index in [1.807, 2.05) is 17.7 Å². The molecule has 0 bridgehead atoms. The summed E-state index contributed by atoms with van der Waals surface area (Å²) in [6, 6.07) is 8.69. The third kappa shape index (κ3) is 4.19. The van der Waals surface area contributed by atoms with E-state index in [4.69, 9.17) is 0 Å². The fourth-order valence-corrected chi connectivity index (χ4v) is 2.08. The quantitative estimate of drug-likeness (QED) is 0.835. The Labute approximate surface area is 114 Å². The molecular weight excluding hydrogens is 238 g/mol. The van der Waals surface area contributed by atoms with Crippen LogP contribution in [0.5, 0.6) is 0 Å². The second-order valence-corrected chi connectivity index (χ2v) is 5.00. The van der Waals surface area contributed by atoms with Crippen LogP contribution in [0, 0.1) is 0 Å². The van der Waals surface area contributed by atoms with E-state index in [0.717, 1.165) is 18.7 Å². The molecule has 0 fully saturated rings. The first kappa shape index (κ1) is 13.8. The number of nitrogens with one attached hydrogen (secondary N) is 1. The second-order valence-electron chi connectivity index (χ2n) is 5.00. The number of nitrogens with zero attached hydrogens (tertiary/aromatic N) is 2. The fourth-order valence-electron chi connectivity index (χ4n) is 2.08. The van der Waals surface area contributed by atoms with Gasteiger partial charge in [-0.3, -0.25) is 0 Å². The van der Waals surface area contributed by atoms with Gasteiger partial charge in [0.2, 0.25) is 0 Å². The first-order chi connectivity index (χ1) is 9.15. The molecule has 2 aromatic rings. The van der Waals surface area contributed by atoms with Gasteiger partial charge in [-0.1, -0.05) is 12.1 Å². The average molecular weight is 259 g/mol. The van der Waals surface area contributed by atoms with Gasteiger partial charge in [0.25, 0.3) is 0 Å². The minimum Gasteiger partial charge on any atom is -0.393 e. The summed E-state index contributed by atoms with van der Waals surface area (Å²) in [6.07, 6.45) is 6.00. The lowest BCUT2D eigenvalue weighted by molar-refractivity contribution is 0.170. The Morgan fingerprint density at radius 1 is 1.26 bits per heavy atom. The average Bonchev–Trinajstić information content (AvgIpc) is 2.90. The molecule has 0 aliphatic carbocycles. The van der Waals surface area contributed by atoms with E-state index in [-0.39, 0.29) is 6.10 Å². The summed E-state index contributed by atoms with van der Waals surface area (Å²) < 4.78 is 1.98. The van der Waals surface area contributed by atoms with Gasteiger partial charge in [0.1, 0.15) is 0 Å². The number of rotatable bonds is 6. The van der Waals surface area contributed by atoms with E-state index >= 15 is 0 Å². The van der Waals surface area contributed by atoms with Crippen LogP contribution in [-0.4, -0.2) is 26.8 Å². The van der Waals surface area contributed by atoms with Crippen LogP contribution in [0.1, 0.15) is 25.8 Å². The predicted octanol–water partition coefficient (Wildman–Crippen LogP) is 2.12. The molecule has 0 radical (unpaired) electrons. The van der Waals surface area contributed by atoms with Crippen LogP contribution >= 0.6 is 0 Å². The van der Waals surface area contributed by atoms with Crippen molar-refractivity contribution in [2.45, 2.75) is 39.0 Å².